The van der Waals surface area contributed by atoms with E-state index in [1.165, 1.54) is 0 Å². The van der Waals surface area contributed by atoms with Gasteiger partial charge < -0.3 is 4.74 Å². The van der Waals surface area contributed by atoms with Crippen LogP contribution in [-0.2, 0) is 9.53 Å². The third-order valence-corrected chi connectivity index (χ3v) is 12.9. The smallest absolute Gasteiger partial charge is 0.337 e. The Morgan fingerprint density at radius 3 is 2.15 bits per heavy atom. The molecule has 2 amide bonds. The van der Waals surface area contributed by atoms with Crippen molar-refractivity contribution >= 4 is 43.2 Å². The first-order chi connectivity index (χ1) is 11.9. The minimum absolute atomic E-state index is 0.0604. The summed E-state index contributed by atoms with van der Waals surface area (Å²) < 4.78 is 16.8. The molecule has 0 aliphatic carbocycles. The van der Waals surface area contributed by atoms with Gasteiger partial charge >= 0.3 is 12.0 Å². The van der Waals surface area contributed by atoms with Gasteiger partial charge in [-0.25, -0.2) is 17.8 Å². The number of carbonyl (C=O) groups is 2. The summed E-state index contributed by atoms with van der Waals surface area (Å²) in [7, 11) is -5.41. The number of esters is 1. The standard InChI is InChI=1S/C16H30N4O3S3/c1-9-24(6)17-16(22)20(12-13-23-15(21)14(4)5)26(8,11-3)19-25(7,10-2)18-24/h9-11,18-19H,1-4,12-13H2,5-8H3,(H,17,22). The summed E-state index contributed by atoms with van der Waals surface area (Å²) in [6.45, 7) is 17.1. The van der Waals surface area contributed by atoms with Gasteiger partial charge in [-0.05, 0) is 41.9 Å². The van der Waals surface area contributed by atoms with Crippen molar-refractivity contribution in [1.82, 2.24) is 17.3 Å². The summed E-state index contributed by atoms with van der Waals surface area (Å²) in [6, 6.07) is -0.281. The van der Waals surface area contributed by atoms with Crippen molar-refractivity contribution in [2.24, 2.45) is 0 Å². The van der Waals surface area contributed by atoms with E-state index in [9.17, 15) is 9.59 Å². The molecule has 150 valence electrons. The van der Waals surface area contributed by atoms with Gasteiger partial charge in [0, 0.05) is 5.57 Å². The number of hydrogen-bond acceptors (Lipinski definition) is 5. The molecule has 7 nitrogen and oxygen atoms in total. The summed E-state index contributed by atoms with van der Waals surface area (Å²) in [5.41, 5.74) is 0.315. The number of rotatable bonds is 7. The minimum Gasteiger partial charge on any atom is -0.460 e. The molecule has 0 radical (unpaired) electrons. The van der Waals surface area contributed by atoms with E-state index in [0.717, 1.165) is 0 Å². The maximum Gasteiger partial charge on any atom is 0.337 e. The zero-order chi connectivity index (χ0) is 20.2. The molecule has 1 heterocycles. The zero-order valence-electron chi connectivity index (χ0n) is 15.9. The highest BCUT2D eigenvalue weighted by Gasteiger charge is 2.38. The highest BCUT2D eigenvalue weighted by atomic mass is 32.4. The lowest BCUT2D eigenvalue weighted by molar-refractivity contribution is -0.138. The average Bonchev–Trinajstić information content (AvgIpc) is 2.56. The van der Waals surface area contributed by atoms with Gasteiger partial charge in [0.15, 0.2) is 0 Å². The molecule has 3 unspecified atom stereocenters. The van der Waals surface area contributed by atoms with Crippen LogP contribution in [0.2, 0.25) is 0 Å². The van der Waals surface area contributed by atoms with Crippen molar-refractivity contribution in [3.8, 4) is 0 Å². The molecule has 1 rings (SSSR count). The zero-order valence-corrected chi connectivity index (χ0v) is 18.3. The molecule has 0 saturated carbocycles. The molecule has 3 atom stereocenters. The lowest BCUT2D eigenvalue weighted by atomic mass is 10.4. The second-order valence-corrected chi connectivity index (χ2v) is 14.8. The van der Waals surface area contributed by atoms with Crippen LogP contribution < -0.4 is 13.0 Å². The van der Waals surface area contributed by atoms with Crippen LogP contribution in [0.1, 0.15) is 6.92 Å². The van der Waals surface area contributed by atoms with E-state index in [1.807, 2.05) is 24.2 Å². The van der Waals surface area contributed by atoms with Crippen LogP contribution in [0.15, 0.2) is 48.1 Å². The molecule has 10 heteroatoms. The molecule has 0 aromatic heterocycles. The molecule has 0 spiro atoms. The van der Waals surface area contributed by atoms with E-state index in [2.05, 4.69) is 39.3 Å². The van der Waals surface area contributed by atoms with Gasteiger partial charge in [0.25, 0.3) is 0 Å². The lowest BCUT2D eigenvalue weighted by Crippen LogP contribution is -2.53. The summed E-state index contributed by atoms with van der Waals surface area (Å²) in [5.74, 6) is -0.481. The monoisotopic (exact) mass is 422 g/mol. The number of hydrogen-bond donors (Lipinski definition) is 3. The summed E-state index contributed by atoms with van der Waals surface area (Å²) in [6.07, 6.45) is 5.84. The number of urea groups is 1. The van der Waals surface area contributed by atoms with Crippen LogP contribution in [0.5, 0.6) is 0 Å². The quantitative estimate of drug-likeness (QED) is 0.432. The second-order valence-electron chi connectivity index (χ2n) is 5.99. The van der Waals surface area contributed by atoms with E-state index >= 15 is 0 Å². The van der Waals surface area contributed by atoms with Gasteiger partial charge in [0.2, 0.25) is 0 Å². The molecule has 1 saturated heterocycles. The SMILES string of the molecule is C=CS1(C)NC(=O)N(CCOC(=O)C(=C)C)S(C)(C=C)NS(C)(C=C)N1. The van der Waals surface area contributed by atoms with Crippen LogP contribution in [0.3, 0.4) is 0 Å². The molecular formula is C16H30N4O3S3. The van der Waals surface area contributed by atoms with Crippen LogP contribution >= 0.6 is 31.2 Å². The molecule has 0 aromatic rings. The van der Waals surface area contributed by atoms with Gasteiger partial charge in [0.05, 0.1) is 6.54 Å². The molecule has 0 bridgehead atoms. The van der Waals surface area contributed by atoms with Crippen LogP contribution in [0.4, 0.5) is 4.79 Å². The Balaban J connectivity index is 3.17. The normalized spacial score (nSPS) is 39.2. The first-order valence-corrected chi connectivity index (χ1v) is 13.9. The van der Waals surface area contributed by atoms with E-state index in [-0.39, 0.29) is 19.2 Å². The maximum absolute atomic E-state index is 12.9. The van der Waals surface area contributed by atoms with E-state index < -0.39 is 37.2 Å². The minimum atomic E-state index is -1.92. The van der Waals surface area contributed by atoms with Gasteiger partial charge in [-0.3, -0.25) is 9.03 Å². The van der Waals surface area contributed by atoms with Crippen molar-refractivity contribution in [3.63, 3.8) is 0 Å². The average molecular weight is 423 g/mol. The fraction of sp³-hybridized carbons (Fsp3) is 0.375. The Bertz CT molecular complexity index is 644. The molecule has 0 aromatic carbocycles. The van der Waals surface area contributed by atoms with Crippen molar-refractivity contribution in [1.29, 1.82) is 0 Å². The topological polar surface area (TPSA) is 82.7 Å². The summed E-state index contributed by atoms with van der Waals surface area (Å²) in [5, 5.41) is 5.27. The Labute approximate surface area is 161 Å². The molecular weight excluding hydrogens is 392 g/mol. The largest absolute Gasteiger partial charge is 0.460 e. The van der Waals surface area contributed by atoms with Crippen LogP contribution in [0.25, 0.3) is 0 Å². The number of ether oxygens (including phenoxy) is 1. The van der Waals surface area contributed by atoms with Gasteiger partial charge in [0.1, 0.15) is 6.61 Å². The highest BCUT2D eigenvalue weighted by Crippen LogP contribution is 2.60. The van der Waals surface area contributed by atoms with Crippen LogP contribution in [0, 0.1) is 0 Å². The van der Waals surface area contributed by atoms with Crippen molar-refractivity contribution in [3.05, 3.63) is 48.1 Å². The first-order valence-electron chi connectivity index (χ1n) is 7.65. The predicted molar refractivity (Wildman–Crippen MR) is 118 cm³/mol. The molecule has 1 aliphatic rings. The third-order valence-electron chi connectivity index (χ3n) is 3.54. The third kappa shape index (κ3) is 5.34. The fourth-order valence-corrected chi connectivity index (χ4v) is 11.5. The van der Waals surface area contributed by atoms with Crippen molar-refractivity contribution < 1.29 is 14.3 Å². The van der Waals surface area contributed by atoms with E-state index in [0.29, 0.717) is 5.57 Å². The number of amides is 2. The lowest BCUT2D eigenvalue weighted by Gasteiger charge is -2.56. The summed E-state index contributed by atoms with van der Waals surface area (Å²) >= 11 is 0. The Morgan fingerprint density at radius 1 is 1.12 bits per heavy atom. The molecule has 1 fully saturated rings. The number of carbonyl (C=O) groups excluding carboxylic acids is 2. The van der Waals surface area contributed by atoms with Crippen molar-refractivity contribution in [2.45, 2.75) is 6.92 Å². The number of nitrogens with zero attached hydrogens (tertiary/aromatic N) is 1. The maximum atomic E-state index is 12.9. The Hall–Kier alpha value is -1.33. The van der Waals surface area contributed by atoms with Gasteiger partial charge in [-0.15, -0.1) is 0 Å². The Kier molecular flexibility index (Phi) is 7.49. The second kappa shape index (κ2) is 8.57. The first kappa shape index (κ1) is 22.7. The Morgan fingerprint density at radius 2 is 1.69 bits per heavy atom. The van der Waals surface area contributed by atoms with Gasteiger partial charge in [-0.2, -0.15) is 0 Å². The van der Waals surface area contributed by atoms with Gasteiger partial charge in [-0.1, -0.05) is 57.5 Å². The number of nitrogens with one attached hydrogen (secondary N) is 3. The fourth-order valence-electron chi connectivity index (χ4n) is 2.10. The van der Waals surface area contributed by atoms with E-state index in [4.69, 9.17) is 4.74 Å². The summed E-state index contributed by atoms with van der Waals surface area (Å²) in [4.78, 5) is 24.6. The van der Waals surface area contributed by atoms with Crippen molar-refractivity contribution in [2.75, 3.05) is 31.9 Å². The molecule has 3 N–H and O–H groups in total. The predicted octanol–water partition coefficient (Wildman–Crippen LogP) is 3.53. The molecule has 26 heavy (non-hydrogen) atoms. The van der Waals surface area contributed by atoms with Crippen LogP contribution in [-0.4, -0.2) is 48.2 Å². The highest BCUT2D eigenvalue weighted by molar-refractivity contribution is 8.52. The molecule has 1 aliphatic heterocycles. The van der Waals surface area contributed by atoms with E-state index in [1.54, 1.807) is 22.0 Å².